The average Bonchev–Trinajstić information content (AvgIpc) is 2.96. The van der Waals surface area contributed by atoms with Crippen LogP contribution in [0.15, 0.2) is 12.1 Å². The van der Waals surface area contributed by atoms with E-state index < -0.39 is 0 Å². The summed E-state index contributed by atoms with van der Waals surface area (Å²) in [5, 5.41) is 9.52. The summed E-state index contributed by atoms with van der Waals surface area (Å²) in [6, 6.07) is 4.05. The van der Waals surface area contributed by atoms with Gasteiger partial charge in [0.2, 0.25) is 6.79 Å². The maximum atomic E-state index is 11.4. The van der Waals surface area contributed by atoms with Crippen molar-refractivity contribution in [3.8, 4) is 11.5 Å². The molecule has 1 unspecified atom stereocenters. The van der Waals surface area contributed by atoms with Gasteiger partial charge in [-0.05, 0) is 69.2 Å². The topological polar surface area (TPSA) is 65.0 Å². The predicted molar refractivity (Wildman–Crippen MR) is 86.8 cm³/mol. The molecule has 1 heterocycles. The van der Waals surface area contributed by atoms with E-state index in [0.29, 0.717) is 13.0 Å². The Balaban J connectivity index is 1.94. The van der Waals surface area contributed by atoms with Crippen LogP contribution in [0.1, 0.15) is 50.7 Å². The van der Waals surface area contributed by atoms with E-state index in [4.69, 9.17) is 14.2 Å². The SMILES string of the molecule is CCOC(=O)CCCCc1cc2c(cc1CCC(C)O)OCO2. The van der Waals surface area contributed by atoms with Gasteiger partial charge in [0.15, 0.2) is 11.5 Å². The first-order chi connectivity index (χ1) is 11.1. The van der Waals surface area contributed by atoms with Gasteiger partial charge in [0.1, 0.15) is 0 Å². The molecule has 0 aromatic heterocycles. The zero-order valence-corrected chi connectivity index (χ0v) is 14.0. The van der Waals surface area contributed by atoms with E-state index in [0.717, 1.165) is 43.6 Å². The molecule has 1 aromatic carbocycles. The van der Waals surface area contributed by atoms with Gasteiger partial charge in [-0.3, -0.25) is 4.79 Å². The van der Waals surface area contributed by atoms with Crippen LogP contribution in [-0.2, 0) is 22.4 Å². The number of aryl methyl sites for hydroxylation is 2. The van der Waals surface area contributed by atoms with Gasteiger partial charge in [-0.1, -0.05) is 0 Å². The van der Waals surface area contributed by atoms with Gasteiger partial charge in [-0.2, -0.15) is 0 Å². The number of carbonyl (C=O) groups excluding carboxylic acids is 1. The molecule has 1 atom stereocenters. The second-order valence-electron chi connectivity index (χ2n) is 5.87. The number of ether oxygens (including phenoxy) is 3. The highest BCUT2D eigenvalue weighted by atomic mass is 16.7. The van der Waals surface area contributed by atoms with Crippen molar-refractivity contribution < 1.29 is 24.1 Å². The highest BCUT2D eigenvalue weighted by molar-refractivity contribution is 5.69. The van der Waals surface area contributed by atoms with Gasteiger partial charge in [0, 0.05) is 6.42 Å². The zero-order chi connectivity index (χ0) is 16.7. The molecular formula is C18H26O5. The molecule has 0 aliphatic carbocycles. The Bertz CT molecular complexity index is 524. The van der Waals surface area contributed by atoms with Gasteiger partial charge in [0.05, 0.1) is 12.7 Å². The van der Waals surface area contributed by atoms with Crippen LogP contribution in [0.25, 0.3) is 0 Å². The Morgan fingerprint density at radius 3 is 2.48 bits per heavy atom. The van der Waals surface area contributed by atoms with E-state index in [9.17, 15) is 9.90 Å². The number of unbranched alkanes of at least 4 members (excludes halogenated alkanes) is 1. The minimum Gasteiger partial charge on any atom is -0.466 e. The van der Waals surface area contributed by atoms with Crippen molar-refractivity contribution in [2.45, 2.75) is 58.5 Å². The fraction of sp³-hybridized carbons (Fsp3) is 0.611. The number of carbonyl (C=O) groups is 1. The summed E-state index contributed by atoms with van der Waals surface area (Å²) < 4.78 is 15.8. The van der Waals surface area contributed by atoms with Crippen LogP contribution in [0.4, 0.5) is 0 Å². The van der Waals surface area contributed by atoms with E-state index >= 15 is 0 Å². The van der Waals surface area contributed by atoms with E-state index in [1.807, 2.05) is 19.1 Å². The lowest BCUT2D eigenvalue weighted by Gasteiger charge is -2.12. The molecule has 23 heavy (non-hydrogen) atoms. The summed E-state index contributed by atoms with van der Waals surface area (Å²) >= 11 is 0. The zero-order valence-electron chi connectivity index (χ0n) is 14.0. The normalized spacial score (nSPS) is 13.9. The number of fused-ring (bicyclic) bond motifs is 1. The number of hydrogen-bond donors (Lipinski definition) is 1. The lowest BCUT2D eigenvalue weighted by molar-refractivity contribution is -0.143. The van der Waals surface area contributed by atoms with Gasteiger partial charge >= 0.3 is 5.97 Å². The first-order valence-electron chi connectivity index (χ1n) is 8.35. The Morgan fingerprint density at radius 2 is 1.87 bits per heavy atom. The first kappa shape index (κ1) is 17.6. The van der Waals surface area contributed by atoms with E-state index in [1.54, 1.807) is 6.92 Å². The Morgan fingerprint density at radius 1 is 1.22 bits per heavy atom. The predicted octanol–water partition coefficient (Wildman–Crippen LogP) is 3.00. The average molecular weight is 322 g/mol. The van der Waals surface area contributed by atoms with Crippen molar-refractivity contribution in [1.82, 2.24) is 0 Å². The summed E-state index contributed by atoms with van der Waals surface area (Å²) in [7, 11) is 0. The van der Waals surface area contributed by atoms with Crippen molar-refractivity contribution in [3.63, 3.8) is 0 Å². The summed E-state index contributed by atoms with van der Waals surface area (Å²) in [6.45, 7) is 4.31. The molecule has 5 heteroatoms. The van der Waals surface area contributed by atoms with Crippen molar-refractivity contribution >= 4 is 5.97 Å². The quantitative estimate of drug-likeness (QED) is 0.559. The molecule has 0 fully saturated rings. The summed E-state index contributed by atoms with van der Waals surface area (Å²) in [6.07, 6.45) is 4.27. The van der Waals surface area contributed by atoms with Crippen molar-refractivity contribution in [2.24, 2.45) is 0 Å². The van der Waals surface area contributed by atoms with Gasteiger partial charge in [-0.25, -0.2) is 0 Å². The summed E-state index contributed by atoms with van der Waals surface area (Å²) in [4.78, 5) is 11.4. The van der Waals surface area contributed by atoms with Crippen molar-refractivity contribution in [3.05, 3.63) is 23.3 Å². The molecule has 0 radical (unpaired) electrons. The van der Waals surface area contributed by atoms with E-state index in [2.05, 4.69) is 0 Å². The molecule has 1 aliphatic heterocycles. The standard InChI is InChI=1S/C18H26O5/c1-3-21-18(20)7-5-4-6-14-10-16-17(23-12-22-16)11-15(14)9-8-13(2)19/h10-11,13,19H,3-9,12H2,1-2H3. The van der Waals surface area contributed by atoms with Crippen LogP contribution in [0.2, 0.25) is 0 Å². The van der Waals surface area contributed by atoms with Crippen LogP contribution in [-0.4, -0.2) is 30.6 Å². The molecule has 0 saturated carbocycles. The molecule has 128 valence electrons. The number of esters is 1. The molecule has 1 aliphatic rings. The number of aliphatic hydroxyl groups excluding tert-OH is 1. The third kappa shape index (κ3) is 5.43. The van der Waals surface area contributed by atoms with Gasteiger partial charge in [0.25, 0.3) is 0 Å². The third-order valence-electron chi connectivity index (χ3n) is 3.91. The van der Waals surface area contributed by atoms with Crippen molar-refractivity contribution in [2.75, 3.05) is 13.4 Å². The number of rotatable bonds is 9. The summed E-state index contributed by atoms with van der Waals surface area (Å²) in [5.41, 5.74) is 2.39. The maximum absolute atomic E-state index is 11.4. The highest BCUT2D eigenvalue weighted by Crippen LogP contribution is 2.36. The van der Waals surface area contributed by atoms with Crippen LogP contribution >= 0.6 is 0 Å². The molecule has 0 bridgehead atoms. The Kier molecular flexibility index (Phi) is 6.71. The maximum Gasteiger partial charge on any atom is 0.305 e. The number of hydrogen-bond acceptors (Lipinski definition) is 5. The minimum atomic E-state index is -0.322. The molecule has 0 amide bonds. The third-order valence-corrected chi connectivity index (χ3v) is 3.91. The lowest BCUT2D eigenvalue weighted by Crippen LogP contribution is -2.05. The van der Waals surface area contributed by atoms with Crippen molar-refractivity contribution in [1.29, 1.82) is 0 Å². The largest absolute Gasteiger partial charge is 0.466 e. The number of benzene rings is 1. The van der Waals surface area contributed by atoms with Crippen LogP contribution in [0.3, 0.4) is 0 Å². The molecule has 2 rings (SSSR count). The van der Waals surface area contributed by atoms with Gasteiger partial charge < -0.3 is 19.3 Å². The molecule has 1 N–H and O–H groups in total. The second kappa shape index (κ2) is 8.77. The van der Waals surface area contributed by atoms with Crippen LogP contribution in [0, 0.1) is 0 Å². The monoisotopic (exact) mass is 322 g/mol. The van der Waals surface area contributed by atoms with Gasteiger partial charge in [-0.15, -0.1) is 0 Å². The summed E-state index contributed by atoms with van der Waals surface area (Å²) in [5.74, 6) is 1.43. The molecule has 1 aromatic rings. The fourth-order valence-corrected chi connectivity index (χ4v) is 2.67. The Labute approximate surface area is 137 Å². The second-order valence-corrected chi connectivity index (χ2v) is 5.87. The highest BCUT2D eigenvalue weighted by Gasteiger charge is 2.17. The Hall–Kier alpha value is -1.75. The minimum absolute atomic E-state index is 0.132. The fourth-order valence-electron chi connectivity index (χ4n) is 2.67. The smallest absolute Gasteiger partial charge is 0.305 e. The molecule has 0 saturated heterocycles. The van der Waals surface area contributed by atoms with E-state index in [1.165, 1.54) is 11.1 Å². The molecular weight excluding hydrogens is 296 g/mol. The number of aliphatic hydroxyl groups is 1. The first-order valence-corrected chi connectivity index (χ1v) is 8.35. The molecule has 5 nitrogen and oxygen atoms in total. The lowest BCUT2D eigenvalue weighted by atomic mass is 9.96. The van der Waals surface area contributed by atoms with Crippen LogP contribution in [0.5, 0.6) is 11.5 Å². The van der Waals surface area contributed by atoms with Crippen LogP contribution < -0.4 is 9.47 Å². The molecule has 0 spiro atoms. The van der Waals surface area contributed by atoms with E-state index in [-0.39, 0.29) is 18.9 Å².